The molecule has 0 saturated heterocycles. The Balaban J connectivity index is 2.49. The Bertz CT molecular complexity index is 990. The molecule has 2 aromatic carbocycles. The van der Waals surface area contributed by atoms with E-state index in [2.05, 4.69) is 5.32 Å². The first-order valence-corrected chi connectivity index (χ1v) is 9.57. The molecule has 4 nitrogen and oxygen atoms in total. The van der Waals surface area contributed by atoms with Crippen LogP contribution in [0.25, 0.3) is 22.2 Å². The van der Waals surface area contributed by atoms with E-state index in [4.69, 9.17) is 11.6 Å². The Hall–Kier alpha value is -1.98. The quantitative estimate of drug-likeness (QED) is 0.738. The van der Waals surface area contributed by atoms with Crippen LogP contribution >= 0.6 is 11.6 Å². The molecule has 0 bridgehead atoms. The lowest BCUT2D eigenvalue weighted by Crippen LogP contribution is -2.23. The molecular weight excluding hydrogens is 344 g/mol. The van der Waals surface area contributed by atoms with E-state index in [-0.39, 0.29) is 0 Å². The summed E-state index contributed by atoms with van der Waals surface area (Å²) in [5, 5.41) is 4.11. The number of benzene rings is 2. The third kappa shape index (κ3) is 2.58. The molecule has 1 N–H and O–H groups in total. The van der Waals surface area contributed by atoms with E-state index in [1.165, 1.54) is 3.97 Å². The molecule has 0 atom stereocenters. The van der Waals surface area contributed by atoms with Crippen molar-refractivity contribution in [3.05, 3.63) is 53.6 Å². The van der Waals surface area contributed by atoms with Crippen LogP contribution in [0.15, 0.2) is 48.5 Å². The van der Waals surface area contributed by atoms with Crippen LogP contribution in [0.1, 0.15) is 13.8 Å². The highest BCUT2D eigenvalue weighted by Gasteiger charge is 2.28. The Morgan fingerprint density at radius 2 is 1.67 bits per heavy atom. The van der Waals surface area contributed by atoms with E-state index in [1.807, 2.05) is 36.4 Å². The topological polar surface area (TPSA) is 51.1 Å². The van der Waals surface area contributed by atoms with Crippen LogP contribution in [0.4, 0.5) is 5.69 Å². The summed E-state index contributed by atoms with van der Waals surface area (Å²) in [6.45, 7) is 3.38. The molecular formula is C18H19ClN2O2S. The fourth-order valence-corrected chi connectivity index (χ4v) is 4.24. The lowest BCUT2D eigenvalue weighted by atomic mass is 10.1. The van der Waals surface area contributed by atoms with Crippen molar-refractivity contribution in [2.45, 2.75) is 19.1 Å². The molecule has 0 fully saturated rings. The zero-order valence-electron chi connectivity index (χ0n) is 13.7. The van der Waals surface area contributed by atoms with Crippen LogP contribution in [0.3, 0.4) is 0 Å². The number of anilines is 1. The highest BCUT2D eigenvalue weighted by molar-refractivity contribution is 7.90. The van der Waals surface area contributed by atoms with E-state index >= 15 is 0 Å². The molecule has 6 heteroatoms. The van der Waals surface area contributed by atoms with Crippen molar-refractivity contribution < 1.29 is 8.42 Å². The van der Waals surface area contributed by atoms with Crippen LogP contribution in [-0.2, 0) is 10.0 Å². The van der Waals surface area contributed by atoms with E-state index in [0.717, 1.165) is 16.6 Å². The smallest absolute Gasteiger partial charge is 0.241 e. The monoisotopic (exact) mass is 362 g/mol. The fraction of sp³-hybridized carbons (Fsp3) is 0.222. The van der Waals surface area contributed by atoms with Gasteiger partial charge in [0.15, 0.2) is 0 Å². The van der Waals surface area contributed by atoms with Crippen molar-refractivity contribution >= 4 is 38.2 Å². The first kappa shape index (κ1) is 16.9. The summed E-state index contributed by atoms with van der Waals surface area (Å²) >= 11 is 5.99. The van der Waals surface area contributed by atoms with Gasteiger partial charge in [0.1, 0.15) is 0 Å². The van der Waals surface area contributed by atoms with Gasteiger partial charge >= 0.3 is 0 Å². The number of nitrogens with one attached hydrogen (secondary N) is 1. The number of para-hydroxylation sites is 1. The summed E-state index contributed by atoms with van der Waals surface area (Å²) in [7, 11) is -1.74. The van der Waals surface area contributed by atoms with Gasteiger partial charge in [-0.05, 0) is 32.0 Å². The van der Waals surface area contributed by atoms with Crippen LogP contribution in [-0.4, -0.2) is 24.7 Å². The third-order valence-corrected chi connectivity index (χ3v) is 6.38. The van der Waals surface area contributed by atoms with E-state index in [0.29, 0.717) is 16.2 Å². The second kappa shape index (κ2) is 6.15. The minimum atomic E-state index is -3.54. The Morgan fingerprint density at radius 1 is 1.04 bits per heavy atom. The molecule has 0 aliphatic heterocycles. The van der Waals surface area contributed by atoms with E-state index < -0.39 is 15.3 Å². The molecule has 1 heterocycles. The molecule has 1 aromatic heterocycles. The number of hydrogen-bond donors (Lipinski definition) is 1. The van der Waals surface area contributed by atoms with Crippen molar-refractivity contribution in [2.75, 3.05) is 12.4 Å². The number of hydrogen-bond acceptors (Lipinski definition) is 3. The van der Waals surface area contributed by atoms with Crippen molar-refractivity contribution in [3.8, 4) is 11.3 Å². The van der Waals surface area contributed by atoms with Crippen molar-refractivity contribution in [3.63, 3.8) is 0 Å². The standard InChI is InChI=1S/C18H19ClN2O2S/c1-12(2)24(22,23)21-16-7-5-4-6-15(16)17(20-3)18(21)13-8-10-14(19)11-9-13/h4-12,20H,1-3H3. The maximum atomic E-state index is 13.0. The first-order chi connectivity index (χ1) is 11.4. The minimum absolute atomic E-state index is 0.538. The summed E-state index contributed by atoms with van der Waals surface area (Å²) in [5.41, 5.74) is 2.88. The molecule has 0 spiro atoms. The number of rotatable bonds is 4. The van der Waals surface area contributed by atoms with E-state index in [9.17, 15) is 8.42 Å². The van der Waals surface area contributed by atoms with Crippen LogP contribution in [0.2, 0.25) is 5.02 Å². The minimum Gasteiger partial charge on any atom is -0.386 e. The molecule has 0 aliphatic rings. The lowest BCUT2D eigenvalue weighted by molar-refractivity contribution is 0.580. The third-order valence-electron chi connectivity index (χ3n) is 4.05. The van der Waals surface area contributed by atoms with Gasteiger partial charge in [-0.3, -0.25) is 0 Å². The summed E-state index contributed by atoms with van der Waals surface area (Å²) in [6.07, 6.45) is 0. The number of halogens is 1. The molecule has 0 radical (unpaired) electrons. The second-order valence-corrected chi connectivity index (χ2v) is 8.63. The SMILES string of the molecule is CNc1c(-c2ccc(Cl)cc2)n(S(=O)(=O)C(C)C)c2ccccc12. The van der Waals surface area contributed by atoms with Gasteiger partial charge < -0.3 is 5.32 Å². The molecule has 126 valence electrons. The van der Waals surface area contributed by atoms with Crippen LogP contribution in [0, 0.1) is 0 Å². The van der Waals surface area contributed by atoms with Gasteiger partial charge in [-0.15, -0.1) is 0 Å². The largest absolute Gasteiger partial charge is 0.386 e. The molecule has 0 unspecified atom stereocenters. The van der Waals surface area contributed by atoms with Gasteiger partial charge in [0.2, 0.25) is 10.0 Å². The number of aromatic nitrogens is 1. The normalized spacial score (nSPS) is 12.0. The van der Waals surface area contributed by atoms with E-state index in [1.54, 1.807) is 33.0 Å². The maximum Gasteiger partial charge on any atom is 0.241 e. The van der Waals surface area contributed by atoms with Crippen molar-refractivity contribution in [2.24, 2.45) is 0 Å². The predicted molar refractivity (Wildman–Crippen MR) is 101 cm³/mol. The van der Waals surface area contributed by atoms with Gasteiger partial charge in [0.25, 0.3) is 0 Å². The fourth-order valence-electron chi connectivity index (χ4n) is 2.81. The zero-order chi connectivity index (χ0) is 17.5. The summed E-state index contributed by atoms with van der Waals surface area (Å²) in [5.74, 6) is 0. The second-order valence-electron chi connectivity index (χ2n) is 5.86. The molecule has 0 aliphatic carbocycles. The van der Waals surface area contributed by atoms with Gasteiger partial charge in [0, 0.05) is 23.0 Å². The Morgan fingerprint density at radius 3 is 2.25 bits per heavy atom. The Kier molecular flexibility index (Phi) is 4.32. The maximum absolute atomic E-state index is 13.0. The van der Waals surface area contributed by atoms with Gasteiger partial charge in [-0.1, -0.05) is 41.9 Å². The summed E-state index contributed by atoms with van der Waals surface area (Å²) in [4.78, 5) is 0. The molecule has 0 amide bonds. The molecule has 24 heavy (non-hydrogen) atoms. The highest BCUT2D eigenvalue weighted by Crippen LogP contribution is 2.40. The Labute approximate surface area is 147 Å². The highest BCUT2D eigenvalue weighted by atomic mass is 35.5. The predicted octanol–water partition coefficient (Wildman–Crippen LogP) is 4.59. The van der Waals surface area contributed by atoms with Gasteiger partial charge in [-0.2, -0.15) is 0 Å². The zero-order valence-corrected chi connectivity index (χ0v) is 15.3. The van der Waals surface area contributed by atoms with Crippen LogP contribution < -0.4 is 5.32 Å². The average molecular weight is 363 g/mol. The lowest BCUT2D eigenvalue weighted by Gasteiger charge is -2.15. The molecule has 3 rings (SSSR count). The molecule has 3 aromatic rings. The average Bonchev–Trinajstić information content (AvgIpc) is 2.90. The van der Waals surface area contributed by atoms with Crippen LogP contribution in [0.5, 0.6) is 0 Å². The van der Waals surface area contributed by atoms with Crippen molar-refractivity contribution in [1.29, 1.82) is 0 Å². The summed E-state index contributed by atoms with van der Waals surface area (Å²) in [6, 6.07) is 14.7. The van der Waals surface area contributed by atoms with Gasteiger partial charge in [0.05, 0.1) is 22.1 Å². The van der Waals surface area contributed by atoms with Gasteiger partial charge in [-0.25, -0.2) is 12.4 Å². The first-order valence-electron chi connectivity index (χ1n) is 7.69. The number of nitrogens with zero attached hydrogens (tertiary/aromatic N) is 1. The van der Waals surface area contributed by atoms with Crippen molar-refractivity contribution in [1.82, 2.24) is 3.97 Å². The number of fused-ring (bicyclic) bond motifs is 1. The summed E-state index contributed by atoms with van der Waals surface area (Å²) < 4.78 is 27.5. The molecule has 0 saturated carbocycles.